The summed E-state index contributed by atoms with van der Waals surface area (Å²) in [6.07, 6.45) is 6.25. The standard InChI is InChI=1S/C41H50N10O4S/c1-8-15-50(37(53)20-42-25(5)55-7)23-35-44-19-33(49-35)30-14-12-28(40-41(30)56-26(6)47-40)27-11-13-29(39-31(27)17-24(4)46-39)32-18-43-34(48-32)22-51(16-9-2)38(54)21-45-36(52)10-3/h11-14,18-19,42H,5,8-10,15-17,20-23H2,1-4,6-7H3,(H,43,48)(H,44,49)(H,45,52). The summed E-state index contributed by atoms with van der Waals surface area (Å²) in [7, 11) is 1.51. The third kappa shape index (κ3) is 8.83. The number of rotatable bonds is 18. The van der Waals surface area contributed by atoms with Crippen molar-refractivity contribution in [2.45, 2.75) is 73.4 Å². The van der Waals surface area contributed by atoms with Gasteiger partial charge < -0.3 is 35.1 Å². The van der Waals surface area contributed by atoms with Crippen molar-refractivity contribution in [3.63, 3.8) is 0 Å². The second-order valence-electron chi connectivity index (χ2n) is 13.8. The van der Waals surface area contributed by atoms with Crippen molar-refractivity contribution in [3.8, 4) is 33.6 Å². The molecule has 56 heavy (non-hydrogen) atoms. The number of aromatic nitrogens is 5. The summed E-state index contributed by atoms with van der Waals surface area (Å²) >= 11 is 1.64. The first kappa shape index (κ1) is 39.9. The van der Waals surface area contributed by atoms with Gasteiger partial charge in [0.15, 0.2) is 5.88 Å². The monoisotopic (exact) mass is 778 g/mol. The Hall–Kier alpha value is -5.83. The van der Waals surface area contributed by atoms with Crippen molar-refractivity contribution >= 4 is 50.7 Å². The van der Waals surface area contributed by atoms with Gasteiger partial charge in [-0.15, -0.1) is 11.3 Å². The van der Waals surface area contributed by atoms with Crippen LogP contribution in [0.25, 0.3) is 43.9 Å². The number of hydrogen-bond acceptors (Lipinski definition) is 10. The van der Waals surface area contributed by atoms with E-state index in [1.54, 1.807) is 34.3 Å². The van der Waals surface area contributed by atoms with Crippen LogP contribution in [0.4, 0.5) is 5.69 Å². The van der Waals surface area contributed by atoms with Crippen molar-refractivity contribution in [2.24, 2.45) is 4.99 Å². The number of fused-ring (bicyclic) bond motifs is 2. The molecule has 1 aliphatic rings. The lowest BCUT2D eigenvalue weighted by Gasteiger charge is -2.21. The van der Waals surface area contributed by atoms with E-state index in [1.807, 2.05) is 33.9 Å². The van der Waals surface area contributed by atoms with Gasteiger partial charge in [0.2, 0.25) is 17.7 Å². The maximum absolute atomic E-state index is 13.0. The Kier molecular flexibility index (Phi) is 12.6. The molecule has 294 valence electrons. The molecule has 1 aliphatic heterocycles. The van der Waals surface area contributed by atoms with Gasteiger partial charge in [0, 0.05) is 48.3 Å². The van der Waals surface area contributed by atoms with Gasteiger partial charge in [-0.2, -0.15) is 0 Å². The Morgan fingerprint density at radius 3 is 2.02 bits per heavy atom. The Bertz CT molecular complexity index is 2290. The topological polar surface area (TPSA) is 174 Å². The van der Waals surface area contributed by atoms with Crippen LogP contribution in [0.15, 0.2) is 54.1 Å². The normalized spacial score (nSPS) is 12.0. The molecule has 5 aromatic rings. The van der Waals surface area contributed by atoms with Crippen LogP contribution in [-0.4, -0.2) is 91.4 Å². The molecule has 0 unspecified atom stereocenters. The molecule has 0 bridgehead atoms. The van der Waals surface area contributed by atoms with E-state index in [2.05, 4.69) is 61.4 Å². The van der Waals surface area contributed by atoms with Gasteiger partial charge in [-0.05, 0) is 44.4 Å². The van der Waals surface area contributed by atoms with Crippen LogP contribution in [0.1, 0.15) is 69.2 Å². The van der Waals surface area contributed by atoms with Crippen LogP contribution < -0.4 is 10.6 Å². The molecule has 0 saturated heterocycles. The Balaban J connectivity index is 1.26. The fourth-order valence-corrected chi connectivity index (χ4v) is 7.83. The number of nitrogens with one attached hydrogen (secondary N) is 4. The number of aromatic amines is 2. The zero-order chi connectivity index (χ0) is 39.9. The van der Waals surface area contributed by atoms with Gasteiger partial charge >= 0.3 is 0 Å². The molecule has 14 nitrogen and oxygen atoms in total. The van der Waals surface area contributed by atoms with Crippen LogP contribution in [0.3, 0.4) is 0 Å². The lowest BCUT2D eigenvalue weighted by atomic mass is 9.92. The number of nitrogens with zero attached hydrogens (tertiary/aromatic N) is 6. The van der Waals surface area contributed by atoms with E-state index < -0.39 is 0 Å². The average molecular weight is 779 g/mol. The average Bonchev–Trinajstić information content (AvgIpc) is 4.01. The number of ether oxygens (including phenoxy) is 1. The molecule has 0 radical (unpaired) electrons. The zero-order valence-electron chi connectivity index (χ0n) is 33.0. The van der Waals surface area contributed by atoms with Crippen molar-refractivity contribution in [1.82, 2.24) is 45.4 Å². The minimum atomic E-state index is -0.156. The number of benzene rings is 2. The minimum Gasteiger partial charge on any atom is -0.483 e. The summed E-state index contributed by atoms with van der Waals surface area (Å²) < 4.78 is 6.09. The molecule has 0 aliphatic carbocycles. The highest BCUT2D eigenvalue weighted by atomic mass is 32.1. The minimum absolute atomic E-state index is 0.0374. The lowest BCUT2D eigenvalue weighted by Crippen LogP contribution is -2.40. The highest BCUT2D eigenvalue weighted by Crippen LogP contribution is 2.45. The first-order valence-electron chi connectivity index (χ1n) is 19.0. The number of carbonyl (C=O) groups excluding carboxylic acids is 3. The lowest BCUT2D eigenvalue weighted by molar-refractivity contribution is -0.133. The summed E-state index contributed by atoms with van der Waals surface area (Å²) in [4.78, 5) is 67.4. The Morgan fingerprint density at radius 1 is 0.839 bits per heavy atom. The van der Waals surface area contributed by atoms with Gasteiger partial charge in [-0.3, -0.25) is 19.4 Å². The quantitative estimate of drug-likeness (QED) is 0.0739. The van der Waals surface area contributed by atoms with E-state index in [0.717, 1.165) is 78.7 Å². The molecule has 0 saturated carbocycles. The second kappa shape index (κ2) is 17.8. The number of H-pyrrole nitrogens is 2. The second-order valence-corrected chi connectivity index (χ2v) is 15.0. The van der Waals surface area contributed by atoms with Crippen LogP contribution in [0, 0.1) is 6.92 Å². The molecule has 3 amide bonds. The Labute approximate surface area is 330 Å². The van der Waals surface area contributed by atoms with Crippen LogP contribution in [0.2, 0.25) is 0 Å². The summed E-state index contributed by atoms with van der Waals surface area (Å²) in [5, 5.41) is 6.54. The number of aliphatic imine (C=N–C) groups is 1. The molecule has 15 heteroatoms. The molecular weight excluding hydrogens is 729 g/mol. The maximum Gasteiger partial charge on any atom is 0.242 e. The highest BCUT2D eigenvalue weighted by molar-refractivity contribution is 7.19. The molecule has 0 fully saturated rings. The predicted octanol–water partition coefficient (Wildman–Crippen LogP) is 6.41. The number of carbonyl (C=O) groups is 3. The van der Waals surface area contributed by atoms with Crippen molar-refractivity contribution in [1.29, 1.82) is 0 Å². The van der Waals surface area contributed by atoms with E-state index in [1.165, 1.54) is 7.11 Å². The fourth-order valence-electron chi connectivity index (χ4n) is 6.86. The van der Waals surface area contributed by atoms with Gasteiger partial charge in [0.05, 0.1) is 78.0 Å². The smallest absolute Gasteiger partial charge is 0.242 e. The number of hydrogen-bond donors (Lipinski definition) is 4. The van der Waals surface area contributed by atoms with Crippen LogP contribution >= 0.6 is 11.3 Å². The highest BCUT2D eigenvalue weighted by Gasteiger charge is 2.25. The number of aryl methyl sites for hydroxylation is 1. The molecule has 4 heterocycles. The van der Waals surface area contributed by atoms with Gasteiger partial charge in [0.1, 0.15) is 11.6 Å². The summed E-state index contributed by atoms with van der Waals surface area (Å²) in [6, 6.07) is 8.45. The fraction of sp³-hybridized carbons (Fsp3) is 0.390. The maximum atomic E-state index is 13.0. The SMILES string of the molecule is C=C(NCC(=O)N(CCC)Cc1ncc(-c2ccc(-c3ccc(-c4cnc(CN(CCC)C(=O)CNC(=O)CC)[nH]4)c4c3CC(C)=N4)c3nc(C)sc23)[nH]1)OC. The first-order valence-corrected chi connectivity index (χ1v) is 19.8. The molecular formula is C41H50N10O4S. The van der Waals surface area contributed by atoms with Gasteiger partial charge in [-0.1, -0.05) is 45.0 Å². The summed E-state index contributed by atoms with van der Waals surface area (Å²) in [5.74, 6) is 1.32. The zero-order valence-corrected chi connectivity index (χ0v) is 33.8. The predicted molar refractivity (Wildman–Crippen MR) is 220 cm³/mol. The Morgan fingerprint density at radius 2 is 1.41 bits per heavy atom. The summed E-state index contributed by atoms with van der Waals surface area (Å²) in [6.45, 7) is 15.5. The van der Waals surface area contributed by atoms with E-state index >= 15 is 0 Å². The molecule has 0 atom stereocenters. The van der Waals surface area contributed by atoms with Crippen LogP contribution in [-0.2, 0) is 38.6 Å². The van der Waals surface area contributed by atoms with E-state index in [4.69, 9.17) is 14.7 Å². The van der Waals surface area contributed by atoms with Crippen molar-refractivity contribution in [2.75, 3.05) is 33.3 Å². The molecule has 3 aromatic heterocycles. The third-order valence-corrected chi connectivity index (χ3v) is 10.6. The molecule has 2 aromatic carbocycles. The number of amides is 3. The summed E-state index contributed by atoms with van der Waals surface area (Å²) in [5.41, 5.74) is 9.65. The largest absolute Gasteiger partial charge is 0.483 e. The first-order chi connectivity index (χ1) is 27.0. The van der Waals surface area contributed by atoms with Crippen molar-refractivity contribution < 1.29 is 19.1 Å². The molecule has 0 spiro atoms. The molecule has 6 rings (SSSR count). The van der Waals surface area contributed by atoms with Gasteiger partial charge in [0.25, 0.3) is 0 Å². The van der Waals surface area contributed by atoms with Crippen LogP contribution in [0.5, 0.6) is 0 Å². The number of methoxy groups -OCH3 is 1. The third-order valence-electron chi connectivity index (χ3n) is 9.61. The number of imidazole rings is 2. The molecule has 4 N–H and O–H groups in total. The number of thiazole rings is 1. The van der Waals surface area contributed by atoms with E-state index in [9.17, 15) is 14.4 Å². The van der Waals surface area contributed by atoms with Gasteiger partial charge in [-0.25, -0.2) is 15.0 Å². The van der Waals surface area contributed by atoms with E-state index in [0.29, 0.717) is 56.6 Å². The van der Waals surface area contributed by atoms with Crippen molar-refractivity contribution in [3.05, 3.63) is 71.3 Å². The van der Waals surface area contributed by atoms with E-state index in [-0.39, 0.29) is 30.8 Å².